The Morgan fingerprint density at radius 3 is 2.59 bits per heavy atom. The third-order valence-corrected chi connectivity index (χ3v) is 6.24. The first-order valence-electron chi connectivity index (χ1n) is 9.62. The molecule has 0 aliphatic carbocycles. The Hall–Kier alpha value is -2.09. The van der Waals surface area contributed by atoms with Gasteiger partial charge in [-0.15, -0.1) is 0 Å². The molecule has 2 aliphatic heterocycles. The van der Waals surface area contributed by atoms with E-state index in [-0.39, 0.29) is 23.0 Å². The Labute approximate surface area is 179 Å². The van der Waals surface area contributed by atoms with Gasteiger partial charge in [0.2, 0.25) is 0 Å². The fourth-order valence-corrected chi connectivity index (χ4v) is 4.95. The number of benzene rings is 1. The van der Waals surface area contributed by atoms with Gasteiger partial charge < -0.3 is 10.2 Å². The van der Waals surface area contributed by atoms with Gasteiger partial charge in [-0.05, 0) is 49.2 Å². The minimum absolute atomic E-state index is 0.106. The standard InChI is InChI=1S/C20H23Cl2N5O2/c1-23-18(28)17-2-5-27(24-17)19(29)26-7-4-20(13-26)3-6-25(12-20)11-14-8-15(21)10-16(22)9-14/h2,5,8-10H,3-4,6-7,11-13H2,1H3,(H,23,28). The number of carbonyl (C=O) groups is 2. The molecule has 1 aromatic carbocycles. The highest BCUT2D eigenvalue weighted by Gasteiger charge is 2.45. The van der Waals surface area contributed by atoms with E-state index in [9.17, 15) is 9.59 Å². The van der Waals surface area contributed by atoms with Crippen molar-refractivity contribution in [3.63, 3.8) is 0 Å². The predicted octanol–water partition coefficient (Wildman–Crippen LogP) is 3.12. The average Bonchev–Trinajstić information content (AvgIpc) is 3.41. The summed E-state index contributed by atoms with van der Waals surface area (Å²) in [6.45, 7) is 4.11. The predicted molar refractivity (Wildman–Crippen MR) is 111 cm³/mol. The monoisotopic (exact) mass is 435 g/mol. The van der Waals surface area contributed by atoms with Crippen molar-refractivity contribution in [1.29, 1.82) is 0 Å². The lowest BCUT2D eigenvalue weighted by Gasteiger charge is -2.24. The molecule has 1 N–H and O–H groups in total. The Morgan fingerprint density at radius 2 is 1.86 bits per heavy atom. The van der Waals surface area contributed by atoms with Crippen LogP contribution in [0.5, 0.6) is 0 Å². The van der Waals surface area contributed by atoms with E-state index in [1.165, 1.54) is 11.7 Å². The minimum atomic E-state index is -0.304. The summed E-state index contributed by atoms with van der Waals surface area (Å²) in [7, 11) is 1.54. The van der Waals surface area contributed by atoms with E-state index in [4.69, 9.17) is 23.2 Å². The Bertz CT molecular complexity index is 926. The molecule has 0 radical (unpaired) electrons. The summed E-state index contributed by atoms with van der Waals surface area (Å²) in [5, 5.41) is 7.91. The first-order valence-corrected chi connectivity index (χ1v) is 10.4. The molecule has 1 spiro atoms. The number of amides is 2. The molecule has 7 nitrogen and oxygen atoms in total. The van der Waals surface area contributed by atoms with Crippen LogP contribution in [0, 0.1) is 5.41 Å². The van der Waals surface area contributed by atoms with E-state index < -0.39 is 0 Å². The molecule has 1 atom stereocenters. The maximum absolute atomic E-state index is 12.8. The van der Waals surface area contributed by atoms with Gasteiger partial charge in [0, 0.05) is 54.9 Å². The molecule has 29 heavy (non-hydrogen) atoms. The van der Waals surface area contributed by atoms with Crippen molar-refractivity contribution < 1.29 is 9.59 Å². The number of nitrogens with zero attached hydrogens (tertiary/aromatic N) is 4. The van der Waals surface area contributed by atoms with E-state index in [0.29, 0.717) is 23.1 Å². The highest BCUT2D eigenvalue weighted by molar-refractivity contribution is 6.34. The maximum atomic E-state index is 12.8. The molecule has 4 rings (SSSR count). The Morgan fingerprint density at radius 1 is 1.14 bits per heavy atom. The number of likely N-dealkylation sites (tertiary alicyclic amines) is 2. The molecule has 2 fully saturated rings. The molecule has 3 heterocycles. The fraction of sp³-hybridized carbons (Fsp3) is 0.450. The quantitative estimate of drug-likeness (QED) is 0.803. The Kier molecular flexibility index (Phi) is 5.55. The van der Waals surface area contributed by atoms with Gasteiger partial charge in [-0.1, -0.05) is 23.2 Å². The third kappa shape index (κ3) is 4.27. The topological polar surface area (TPSA) is 70.5 Å². The molecule has 154 valence electrons. The number of hydrogen-bond acceptors (Lipinski definition) is 4. The molecule has 0 bridgehead atoms. The summed E-state index contributed by atoms with van der Waals surface area (Å²) in [6, 6.07) is 7.01. The van der Waals surface area contributed by atoms with Gasteiger partial charge in [-0.2, -0.15) is 9.78 Å². The van der Waals surface area contributed by atoms with Crippen molar-refractivity contribution in [3.8, 4) is 0 Å². The van der Waals surface area contributed by atoms with E-state index in [1.807, 2.05) is 17.0 Å². The summed E-state index contributed by atoms with van der Waals surface area (Å²) in [6.07, 6.45) is 3.56. The smallest absolute Gasteiger partial charge is 0.344 e. The highest BCUT2D eigenvalue weighted by Crippen LogP contribution is 2.40. The number of halogens is 2. The number of aromatic nitrogens is 2. The molecule has 0 saturated carbocycles. The normalized spacial score (nSPS) is 21.8. The highest BCUT2D eigenvalue weighted by atomic mass is 35.5. The fourth-order valence-electron chi connectivity index (χ4n) is 4.38. The zero-order valence-electron chi connectivity index (χ0n) is 16.2. The van der Waals surface area contributed by atoms with Gasteiger partial charge in [0.15, 0.2) is 5.69 Å². The third-order valence-electron chi connectivity index (χ3n) is 5.80. The molecule has 2 saturated heterocycles. The second-order valence-corrected chi connectivity index (χ2v) is 8.79. The van der Waals surface area contributed by atoms with E-state index in [1.54, 1.807) is 18.3 Å². The van der Waals surface area contributed by atoms with E-state index >= 15 is 0 Å². The van der Waals surface area contributed by atoms with Crippen LogP contribution in [-0.4, -0.2) is 64.7 Å². The second kappa shape index (κ2) is 7.97. The molecular weight excluding hydrogens is 413 g/mol. The summed E-state index contributed by atoms with van der Waals surface area (Å²) in [4.78, 5) is 28.7. The van der Waals surface area contributed by atoms with Gasteiger partial charge in [0.05, 0.1) is 0 Å². The molecular formula is C20H23Cl2N5O2. The van der Waals surface area contributed by atoms with Crippen LogP contribution in [0.25, 0.3) is 0 Å². The van der Waals surface area contributed by atoms with E-state index in [2.05, 4.69) is 15.3 Å². The number of nitrogens with one attached hydrogen (secondary N) is 1. The van der Waals surface area contributed by atoms with Crippen molar-refractivity contribution in [3.05, 3.63) is 51.8 Å². The van der Waals surface area contributed by atoms with Gasteiger partial charge >= 0.3 is 6.03 Å². The molecule has 1 unspecified atom stereocenters. The summed E-state index contributed by atoms with van der Waals surface area (Å²) in [5.41, 5.74) is 1.44. The second-order valence-electron chi connectivity index (χ2n) is 7.92. The lowest BCUT2D eigenvalue weighted by atomic mass is 9.86. The van der Waals surface area contributed by atoms with Crippen LogP contribution < -0.4 is 5.32 Å². The SMILES string of the molecule is CNC(=O)c1ccn(C(=O)N2CCC3(CCN(Cc4cc(Cl)cc(Cl)c4)C3)C2)n1. The van der Waals surface area contributed by atoms with Gasteiger partial charge in [0.1, 0.15) is 0 Å². The van der Waals surface area contributed by atoms with Crippen molar-refractivity contribution in [1.82, 2.24) is 24.9 Å². The minimum Gasteiger partial charge on any atom is -0.354 e. The van der Waals surface area contributed by atoms with Crippen molar-refractivity contribution >= 4 is 35.1 Å². The van der Waals surface area contributed by atoms with Crippen LogP contribution in [0.4, 0.5) is 4.79 Å². The zero-order valence-corrected chi connectivity index (χ0v) is 17.7. The molecule has 1 aromatic heterocycles. The molecule has 2 aliphatic rings. The van der Waals surface area contributed by atoms with Crippen LogP contribution in [0.1, 0.15) is 28.9 Å². The summed E-state index contributed by atoms with van der Waals surface area (Å²) < 4.78 is 1.25. The number of carbonyl (C=O) groups excluding carboxylic acids is 2. The summed E-state index contributed by atoms with van der Waals surface area (Å²) >= 11 is 12.2. The van der Waals surface area contributed by atoms with Gasteiger partial charge in [-0.3, -0.25) is 9.69 Å². The van der Waals surface area contributed by atoms with Crippen LogP contribution in [0.2, 0.25) is 10.0 Å². The van der Waals surface area contributed by atoms with Crippen LogP contribution in [0.15, 0.2) is 30.5 Å². The number of hydrogen-bond donors (Lipinski definition) is 1. The lowest BCUT2D eigenvalue weighted by Crippen LogP contribution is -2.36. The average molecular weight is 436 g/mol. The Balaban J connectivity index is 1.38. The van der Waals surface area contributed by atoms with Crippen LogP contribution in [0.3, 0.4) is 0 Å². The first-order chi connectivity index (χ1) is 13.9. The van der Waals surface area contributed by atoms with Crippen molar-refractivity contribution in [2.24, 2.45) is 5.41 Å². The molecule has 2 aromatic rings. The van der Waals surface area contributed by atoms with Crippen LogP contribution in [-0.2, 0) is 6.54 Å². The maximum Gasteiger partial charge on any atom is 0.344 e. The van der Waals surface area contributed by atoms with Crippen molar-refractivity contribution in [2.45, 2.75) is 19.4 Å². The summed E-state index contributed by atoms with van der Waals surface area (Å²) in [5.74, 6) is -0.304. The number of rotatable bonds is 3. The van der Waals surface area contributed by atoms with Gasteiger partial charge in [-0.25, -0.2) is 4.79 Å². The van der Waals surface area contributed by atoms with Gasteiger partial charge in [0.25, 0.3) is 5.91 Å². The lowest BCUT2D eigenvalue weighted by molar-refractivity contribution is 0.0957. The van der Waals surface area contributed by atoms with Crippen molar-refractivity contribution in [2.75, 3.05) is 33.2 Å². The largest absolute Gasteiger partial charge is 0.354 e. The molecule has 2 amide bonds. The zero-order chi connectivity index (χ0) is 20.6. The van der Waals surface area contributed by atoms with Crippen LogP contribution >= 0.6 is 23.2 Å². The molecule has 9 heteroatoms. The van der Waals surface area contributed by atoms with E-state index in [0.717, 1.165) is 38.0 Å². The first kappa shape index (κ1) is 20.2.